The van der Waals surface area contributed by atoms with Crippen molar-refractivity contribution in [2.24, 2.45) is 0 Å². The Bertz CT molecular complexity index is 1330. The van der Waals surface area contributed by atoms with E-state index in [4.69, 9.17) is 19.9 Å². The van der Waals surface area contributed by atoms with E-state index in [0.29, 0.717) is 17.8 Å². The third kappa shape index (κ3) is 4.47. The van der Waals surface area contributed by atoms with Gasteiger partial charge in [0.15, 0.2) is 6.17 Å². The fourth-order valence-electron chi connectivity index (χ4n) is 4.27. The summed E-state index contributed by atoms with van der Waals surface area (Å²) in [6.07, 6.45) is -0.794. The molecule has 0 bridgehead atoms. The van der Waals surface area contributed by atoms with Crippen LogP contribution in [0.25, 0.3) is 5.65 Å². The van der Waals surface area contributed by atoms with Crippen molar-refractivity contribution in [1.29, 1.82) is 5.26 Å². The molecule has 1 aliphatic heterocycles. The Morgan fingerprint density at radius 1 is 1.06 bits per heavy atom. The molecule has 8 nitrogen and oxygen atoms in total. The number of nitriles is 1. The van der Waals surface area contributed by atoms with Crippen molar-refractivity contribution in [3.63, 3.8) is 0 Å². The van der Waals surface area contributed by atoms with Gasteiger partial charge in [-0.05, 0) is 17.2 Å². The molecule has 2 aromatic heterocycles. The van der Waals surface area contributed by atoms with Gasteiger partial charge in [0.2, 0.25) is 11.5 Å². The van der Waals surface area contributed by atoms with Crippen LogP contribution in [-0.4, -0.2) is 39.4 Å². The molecule has 0 amide bonds. The first kappa shape index (κ1) is 22.9. The van der Waals surface area contributed by atoms with Crippen LogP contribution in [0, 0.1) is 11.3 Å². The van der Waals surface area contributed by atoms with Crippen LogP contribution in [0.3, 0.4) is 0 Å². The van der Waals surface area contributed by atoms with Gasteiger partial charge in [-0.3, -0.25) is 4.40 Å². The molecule has 1 fully saturated rings. The molecule has 9 heteroatoms. The molecular formula is C26H24FN5O3. The second-order valence-electron chi connectivity index (χ2n) is 8.36. The molecule has 4 aromatic rings. The first-order valence-corrected chi connectivity index (χ1v) is 11.2. The minimum absolute atomic E-state index is 0.0491. The number of nitrogens with zero attached hydrogens (tertiary/aromatic N) is 4. The lowest BCUT2D eigenvalue weighted by Gasteiger charge is -2.22. The van der Waals surface area contributed by atoms with Gasteiger partial charge in [0.1, 0.15) is 30.3 Å². The molecule has 0 aliphatic carbocycles. The number of nitrogen functional groups attached to an aromatic ring is 1. The smallest absolute Gasteiger partial charge is 0.215 e. The summed E-state index contributed by atoms with van der Waals surface area (Å²) < 4.78 is 35.6. The zero-order chi connectivity index (χ0) is 24.3. The molecule has 5 rings (SSSR count). The van der Waals surface area contributed by atoms with Gasteiger partial charge in [-0.25, -0.2) is 14.4 Å². The summed E-state index contributed by atoms with van der Waals surface area (Å²) in [5, 5.41) is 10.2. The largest absolute Gasteiger partial charge is 0.374 e. The fraction of sp³-hybridized carbons (Fsp3) is 0.269. The number of ether oxygens (including phenoxy) is 3. The lowest BCUT2D eigenvalue weighted by molar-refractivity contribution is -0.0858. The van der Waals surface area contributed by atoms with Crippen LogP contribution >= 0.6 is 0 Å². The number of aromatic nitrogens is 3. The van der Waals surface area contributed by atoms with Gasteiger partial charge in [0, 0.05) is 11.8 Å². The van der Waals surface area contributed by atoms with E-state index >= 15 is 4.39 Å². The van der Waals surface area contributed by atoms with Crippen molar-refractivity contribution in [1.82, 2.24) is 14.4 Å². The van der Waals surface area contributed by atoms with Crippen molar-refractivity contribution < 1.29 is 18.6 Å². The van der Waals surface area contributed by atoms with Gasteiger partial charge in [0.25, 0.3) is 0 Å². The maximum atomic E-state index is 16.1. The van der Waals surface area contributed by atoms with E-state index in [1.165, 1.54) is 16.9 Å². The van der Waals surface area contributed by atoms with Crippen LogP contribution in [0.15, 0.2) is 79.3 Å². The van der Waals surface area contributed by atoms with Gasteiger partial charge >= 0.3 is 0 Å². The molecule has 4 atom stereocenters. The molecule has 3 heterocycles. The number of fused-ring (bicyclic) bond motifs is 1. The summed E-state index contributed by atoms with van der Waals surface area (Å²) in [6.45, 7) is 0.542. The first-order chi connectivity index (χ1) is 17.1. The topological polar surface area (TPSA) is 108 Å². The molecule has 1 unspecified atom stereocenters. The van der Waals surface area contributed by atoms with Gasteiger partial charge in [-0.1, -0.05) is 60.7 Å². The van der Waals surface area contributed by atoms with Gasteiger partial charge in [0.05, 0.1) is 19.8 Å². The highest BCUT2D eigenvalue weighted by molar-refractivity contribution is 5.51. The van der Waals surface area contributed by atoms with E-state index in [1.54, 1.807) is 6.07 Å². The molecule has 0 saturated carbocycles. The van der Waals surface area contributed by atoms with Crippen molar-refractivity contribution in [2.45, 2.75) is 37.2 Å². The predicted octanol–water partition coefficient (Wildman–Crippen LogP) is 3.57. The number of rotatable bonds is 8. The van der Waals surface area contributed by atoms with Crippen molar-refractivity contribution >= 4 is 11.6 Å². The Kier molecular flexibility index (Phi) is 6.42. The number of alkyl halides is 1. The summed E-state index contributed by atoms with van der Waals surface area (Å²) in [5.74, 6) is 0.169. The maximum Gasteiger partial charge on any atom is 0.215 e. The molecule has 2 aromatic carbocycles. The first-order valence-electron chi connectivity index (χ1n) is 11.2. The summed E-state index contributed by atoms with van der Waals surface area (Å²) >= 11 is 0. The summed E-state index contributed by atoms with van der Waals surface area (Å²) in [4.78, 5) is 8.09. The normalized spacial score (nSPS) is 23.9. The van der Waals surface area contributed by atoms with Crippen molar-refractivity contribution in [3.05, 3.63) is 95.9 Å². The number of halogens is 1. The molecule has 2 N–H and O–H groups in total. The van der Waals surface area contributed by atoms with E-state index < -0.39 is 24.0 Å². The highest BCUT2D eigenvalue weighted by atomic mass is 19.1. The van der Waals surface area contributed by atoms with Crippen molar-refractivity contribution in [3.8, 4) is 6.07 Å². The summed E-state index contributed by atoms with van der Waals surface area (Å²) in [7, 11) is 0. The highest BCUT2D eigenvalue weighted by Crippen LogP contribution is 2.44. The minimum Gasteiger partial charge on any atom is -0.374 e. The van der Waals surface area contributed by atoms with E-state index in [-0.39, 0.29) is 19.2 Å². The Morgan fingerprint density at radius 3 is 2.40 bits per heavy atom. The van der Waals surface area contributed by atoms with Crippen LogP contribution in [0.5, 0.6) is 0 Å². The van der Waals surface area contributed by atoms with Crippen LogP contribution < -0.4 is 5.73 Å². The monoisotopic (exact) mass is 473 g/mol. The average Bonchev–Trinajstić information content (AvgIpc) is 3.45. The van der Waals surface area contributed by atoms with Crippen LogP contribution in [0.1, 0.15) is 16.7 Å². The molecule has 178 valence electrons. The molecule has 1 saturated heterocycles. The van der Waals surface area contributed by atoms with Gasteiger partial charge in [-0.15, -0.1) is 0 Å². The van der Waals surface area contributed by atoms with Crippen LogP contribution in [0.2, 0.25) is 0 Å². The summed E-state index contributed by atoms with van der Waals surface area (Å²) in [6, 6.07) is 22.7. The maximum absolute atomic E-state index is 16.1. The Hall–Kier alpha value is -3.84. The van der Waals surface area contributed by atoms with E-state index in [9.17, 15) is 5.26 Å². The van der Waals surface area contributed by atoms with E-state index in [1.807, 2.05) is 60.7 Å². The zero-order valence-corrected chi connectivity index (χ0v) is 18.8. The number of benzene rings is 2. The fourth-order valence-corrected chi connectivity index (χ4v) is 4.27. The lowest BCUT2D eigenvalue weighted by Crippen LogP contribution is -2.38. The highest BCUT2D eigenvalue weighted by Gasteiger charge is 2.59. The quantitative estimate of drug-likeness (QED) is 0.417. The van der Waals surface area contributed by atoms with Crippen molar-refractivity contribution in [2.75, 3.05) is 12.3 Å². The van der Waals surface area contributed by atoms with Crippen LogP contribution in [-0.2, 0) is 33.0 Å². The van der Waals surface area contributed by atoms with Crippen LogP contribution in [0.4, 0.5) is 10.3 Å². The predicted molar refractivity (Wildman–Crippen MR) is 126 cm³/mol. The third-order valence-corrected chi connectivity index (χ3v) is 6.08. The van der Waals surface area contributed by atoms with E-state index in [2.05, 4.69) is 16.0 Å². The molecule has 0 radical (unpaired) electrons. The van der Waals surface area contributed by atoms with Gasteiger partial charge in [-0.2, -0.15) is 5.26 Å². The lowest BCUT2D eigenvalue weighted by atomic mass is 9.91. The standard InChI is InChI=1S/C26H24FN5O3/c27-24-23(34-14-19-9-5-2-6-10-19)21(15-33-13-18-7-3-1-4-8-18)35-26(24,16-28)20-11-22-30-17-31-25(29)32(22)12-20/h1-12,17,21,23-24H,13-15H2,(H2,29,30,31)/t21-,23-,24-,26?/m1/s1. The second-order valence-corrected chi connectivity index (χ2v) is 8.36. The number of hydrogen-bond donors (Lipinski definition) is 1. The molecular weight excluding hydrogens is 449 g/mol. The minimum atomic E-state index is -1.91. The van der Waals surface area contributed by atoms with E-state index in [0.717, 1.165) is 11.1 Å². The number of anilines is 1. The second kappa shape index (κ2) is 9.80. The summed E-state index contributed by atoms with van der Waals surface area (Å²) in [5.41, 5.74) is 6.59. The average molecular weight is 474 g/mol. The Balaban J connectivity index is 1.42. The number of nitrogens with two attached hydrogens (primary N) is 1. The molecule has 35 heavy (non-hydrogen) atoms. The SMILES string of the molecule is N#CC1(c2cc3ncnc(N)n3c2)O[C@H](COCc2ccccc2)[C@@H](OCc2ccccc2)[C@H]1F. The Morgan fingerprint density at radius 2 is 1.74 bits per heavy atom. The third-order valence-electron chi connectivity index (χ3n) is 6.08. The zero-order valence-electron chi connectivity index (χ0n) is 18.8. The molecule has 0 spiro atoms. The number of hydrogen-bond acceptors (Lipinski definition) is 7. The Labute approximate surface area is 201 Å². The van der Waals surface area contributed by atoms with Gasteiger partial charge < -0.3 is 19.9 Å². The molecule has 1 aliphatic rings.